The summed E-state index contributed by atoms with van der Waals surface area (Å²) >= 11 is 0. The van der Waals surface area contributed by atoms with Crippen molar-refractivity contribution in [2.45, 2.75) is 63.6 Å². The van der Waals surface area contributed by atoms with E-state index in [1.807, 2.05) is 18.2 Å². The molecule has 3 aliphatic rings. The Morgan fingerprint density at radius 2 is 2.06 bits per heavy atom. The van der Waals surface area contributed by atoms with E-state index < -0.39 is 0 Å². The molecule has 1 aromatic rings. The molecule has 4 atom stereocenters. The van der Waals surface area contributed by atoms with Gasteiger partial charge in [0.05, 0.1) is 31.9 Å². The van der Waals surface area contributed by atoms with Gasteiger partial charge in [-0.05, 0) is 50.2 Å². The number of ether oxygens (including phenoxy) is 2. The van der Waals surface area contributed by atoms with Crippen molar-refractivity contribution in [1.29, 1.82) is 0 Å². The van der Waals surface area contributed by atoms with Crippen LogP contribution in [0.3, 0.4) is 0 Å². The van der Waals surface area contributed by atoms with E-state index >= 15 is 0 Å². The van der Waals surface area contributed by atoms with Crippen LogP contribution in [-0.4, -0.2) is 55.1 Å². The number of nitrogens with zero attached hydrogens (tertiary/aromatic N) is 2. The van der Waals surface area contributed by atoms with Crippen molar-refractivity contribution >= 4 is 23.5 Å². The van der Waals surface area contributed by atoms with Gasteiger partial charge in [-0.2, -0.15) is 0 Å². The topological polar surface area (TPSA) is 132 Å². The number of guanidine groups is 1. The van der Waals surface area contributed by atoms with Crippen LogP contribution in [0.2, 0.25) is 0 Å². The molecule has 2 fully saturated rings. The molecule has 4 rings (SSSR count). The maximum absolute atomic E-state index is 12.3. The van der Waals surface area contributed by atoms with E-state index in [9.17, 15) is 9.59 Å². The lowest BCUT2D eigenvalue weighted by atomic mass is 9.75. The molecule has 0 aromatic heterocycles. The van der Waals surface area contributed by atoms with Gasteiger partial charge in [0.15, 0.2) is 5.96 Å². The van der Waals surface area contributed by atoms with Crippen LogP contribution in [-0.2, 0) is 20.9 Å². The number of benzene rings is 1. The number of aliphatic imine (C=N–C) groups is 1. The lowest BCUT2D eigenvalue weighted by molar-refractivity contribution is -0.141. The molecule has 5 N–H and O–H groups in total. The molecule has 2 aliphatic heterocycles. The predicted molar refractivity (Wildman–Crippen MR) is 125 cm³/mol. The summed E-state index contributed by atoms with van der Waals surface area (Å²) in [6.45, 7) is 0.772. The molecule has 0 spiro atoms. The second-order valence-corrected chi connectivity index (χ2v) is 9.30. The van der Waals surface area contributed by atoms with Crippen LogP contribution in [0.1, 0.15) is 50.5 Å². The van der Waals surface area contributed by atoms with E-state index in [-0.39, 0.29) is 36.3 Å². The van der Waals surface area contributed by atoms with Crippen molar-refractivity contribution < 1.29 is 19.1 Å². The molecule has 1 aromatic carbocycles. The number of carbonyl (C=O) groups excluding carboxylic acids is 2. The van der Waals surface area contributed by atoms with E-state index in [4.69, 9.17) is 20.9 Å². The summed E-state index contributed by atoms with van der Waals surface area (Å²) < 4.78 is 10.9. The Balaban J connectivity index is 1.38. The summed E-state index contributed by atoms with van der Waals surface area (Å²) in [5, 5.41) is 3.73. The number of nitrogens with two attached hydrogens (primary N) is 2. The van der Waals surface area contributed by atoms with Gasteiger partial charge in [0.1, 0.15) is 12.3 Å². The monoisotopic (exact) mass is 457 g/mol. The van der Waals surface area contributed by atoms with E-state index in [2.05, 4.69) is 10.3 Å². The summed E-state index contributed by atoms with van der Waals surface area (Å²) in [5.41, 5.74) is 13.4. The van der Waals surface area contributed by atoms with Gasteiger partial charge >= 0.3 is 5.97 Å². The molecule has 1 aliphatic carbocycles. The molecule has 9 heteroatoms. The lowest BCUT2D eigenvalue weighted by Gasteiger charge is -2.42. The molecule has 9 nitrogen and oxygen atoms in total. The minimum Gasteiger partial charge on any atom is -0.493 e. The Hall–Kier alpha value is -2.81. The number of primary amides is 1. The van der Waals surface area contributed by atoms with Gasteiger partial charge < -0.3 is 31.2 Å². The average molecular weight is 458 g/mol. The van der Waals surface area contributed by atoms with Crippen LogP contribution in [0.5, 0.6) is 5.75 Å². The van der Waals surface area contributed by atoms with Crippen LogP contribution in [0.25, 0.3) is 0 Å². The van der Waals surface area contributed by atoms with Crippen molar-refractivity contribution in [2.24, 2.45) is 28.3 Å². The van der Waals surface area contributed by atoms with Gasteiger partial charge in [0, 0.05) is 17.6 Å². The Morgan fingerprint density at radius 3 is 2.85 bits per heavy atom. The molecule has 1 amide bonds. The van der Waals surface area contributed by atoms with Crippen LogP contribution in [0.15, 0.2) is 23.2 Å². The highest BCUT2D eigenvalue weighted by molar-refractivity contribution is 5.87. The van der Waals surface area contributed by atoms with Crippen LogP contribution in [0.4, 0.5) is 5.69 Å². The van der Waals surface area contributed by atoms with Gasteiger partial charge in [-0.25, -0.2) is 4.99 Å². The molecule has 0 radical (unpaired) electrons. The average Bonchev–Trinajstić information content (AvgIpc) is 2.81. The fourth-order valence-corrected chi connectivity index (χ4v) is 5.46. The summed E-state index contributed by atoms with van der Waals surface area (Å²) in [4.78, 5) is 30.1. The second-order valence-electron chi connectivity index (χ2n) is 9.30. The SMILES string of the molecule is COC(=O)CN1Cc2c(cccc2OCCC(C(N)=O)C2CCC3CCCCC3N2)N=C1N. The molecule has 4 unspecified atom stereocenters. The zero-order valence-corrected chi connectivity index (χ0v) is 19.3. The first-order valence-electron chi connectivity index (χ1n) is 11.9. The normalized spacial score (nSPS) is 25.3. The molecule has 33 heavy (non-hydrogen) atoms. The maximum atomic E-state index is 12.3. The van der Waals surface area contributed by atoms with E-state index in [0.29, 0.717) is 31.4 Å². The van der Waals surface area contributed by atoms with E-state index in [1.54, 1.807) is 4.90 Å². The summed E-state index contributed by atoms with van der Waals surface area (Å²) in [6, 6.07) is 6.21. The molecule has 1 saturated heterocycles. The van der Waals surface area contributed by atoms with Crippen LogP contribution < -0.4 is 21.5 Å². The number of nitrogens with one attached hydrogen (secondary N) is 1. The summed E-state index contributed by atoms with van der Waals surface area (Å²) in [6.07, 6.45) is 7.73. The highest BCUT2D eigenvalue weighted by Crippen LogP contribution is 2.35. The highest BCUT2D eigenvalue weighted by atomic mass is 16.5. The fraction of sp³-hybridized carbons (Fsp3) is 0.625. The zero-order valence-electron chi connectivity index (χ0n) is 19.3. The fourth-order valence-electron chi connectivity index (χ4n) is 5.46. The Labute approximate surface area is 194 Å². The van der Waals surface area contributed by atoms with E-state index in [1.165, 1.54) is 32.8 Å². The Kier molecular flexibility index (Phi) is 7.37. The minimum absolute atomic E-state index is 0.0128. The lowest BCUT2D eigenvalue weighted by Crippen LogP contribution is -2.54. The number of rotatable bonds is 8. The number of piperidine rings is 1. The molecule has 2 heterocycles. The van der Waals surface area contributed by atoms with Gasteiger partial charge in [-0.1, -0.05) is 18.9 Å². The molecular weight excluding hydrogens is 422 g/mol. The molecule has 180 valence electrons. The van der Waals surface area contributed by atoms with Gasteiger partial charge in [-0.15, -0.1) is 0 Å². The minimum atomic E-state index is -0.389. The van der Waals surface area contributed by atoms with Gasteiger partial charge in [-0.3, -0.25) is 9.59 Å². The van der Waals surface area contributed by atoms with Crippen molar-refractivity contribution in [3.05, 3.63) is 23.8 Å². The predicted octanol–water partition coefficient (Wildman–Crippen LogP) is 1.80. The number of carbonyl (C=O) groups is 2. The van der Waals surface area contributed by atoms with Crippen molar-refractivity contribution in [3.63, 3.8) is 0 Å². The number of amides is 1. The Bertz CT molecular complexity index is 905. The molecule has 1 saturated carbocycles. The first-order chi connectivity index (χ1) is 16.0. The van der Waals surface area contributed by atoms with E-state index in [0.717, 1.165) is 30.0 Å². The largest absolute Gasteiger partial charge is 0.493 e. The van der Waals surface area contributed by atoms with Crippen molar-refractivity contribution in [3.8, 4) is 5.75 Å². The van der Waals surface area contributed by atoms with Gasteiger partial charge in [0.2, 0.25) is 5.91 Å². The number of fused-ring (bicyclic) bond motifs is 2. The first kappa shape index (κ1) is 23.4. The van der Waals surface area contributed by atoms with Crippen LogP contribution >= 0.6 is 0 Å². The number of hydrogen-bond acceptors (Lipinski definition) is 8. The number of esters is 1. The quantitative estimate of drug-likeness (QED) is 0.507. The molecule has 0 bridgehead atoms. The van der Waals surface area contributed by atoms with Crippen LogP contribution in [0, 0.1) is 11.8 Å². The van der Waals surface area contributed by atoms with Crippen molar-refractivity contribution in [1.82, 2.24) is 10.2 Å². The number of hydrogen-bond donors (Lipinski definition) is 3. The maximum Gasteiger partial charge on any atom is 0.325 e. The summed E-state index contributed by atoms with van der Waals surface area (Å²) in [7, 11) is 1.34. The third kappa shape index (κ3) is 5.40. The third-order valence-corrected chi connectivity index (χ3v) is 7.29. The smallest absolute Gasteiger partial charge is 0.325 e. The second kappa shape index (κ2) is 10.4. The number of methoxy groups -OCH3 is 1. The Morgan fingerprint density at radius 1 is 1.24 bits per heavy atom. The zero-order chi connectivity index (χ0) is 23.4. The first-order valence-corrected chi connectivity index (χ1v) is 11.9. The third-order valence-electron chi connectivity index (χ3n) is 7.29. The van der Waals surface area contributed by atoms with Crippen molar-refractivity contribution in [2.75, 3.05) is 20.3 Å². The molecular formula is C24H35N5O4. The highest BCUT2D eigenvalue weighted by Gasteiger charge is 2.36. The van der Waals surface area contributed by atoms with Gasteiger partial charge in [0.25, 0.3) is 0 Å². The summed E-state index contributed by atoms with van der Waals surface area (Å²) in [5.74, 6) is 0.740. The standard InChI is InChI=1S/C24H35N5O4/c1-32-22(30)14-29-13-17-19(28-24(29)26)7-4-8-21(17)33-12-11-16(23(25)31)20-10-9-15-5-2-3-6-18(15)27-20/h4,7-8,15-16,18,20,27H,2-3,5-6,9-14H2,1H3,(H2,25,31)(H2,26,28).